The third kappa shape index (κ3) is 6.27. The zero-order valence-electron chi connectivity index (χ0n) is 23.9. The van der Waals surface area contributed by atoms with Gasteiger partial charge in [-0.1, -0.05) is 79.9 Å². The Balaban J connectivity index is 1.98. The predicted octanol–water partition coefficient (Wildman–Crippen LogP) is 7.97. The summed E-state index contributed by atoms with van der Waals surface area (Å²) >= 11 is 6.17. The van der Waals surface area contributed by atoms with Gasteiger partial charge in [0, 0.05) is 16.1 Å². The van der Waals surface area contributed by atoms with Crippen molar-refractivity contribution in [3.05, 3.63) is 111 Å². The van der Waals surface area contributed by atoms with E-state index in [0.717, 1.165) is 5.56 Å². The summed E-state index contributed by atoms with van der Waals surface area (Å²) in [5.74, 6) is 3.06. The normalized spacial score (nSPS) is 19.3. The number of ether oxygens (including phenoxy) is 1. The smallest absolute Gasteiger partial charge is 0.433 e. The van der Waals surface area contributed by atoms with Gasteiger partial charge in [0.15, 0.2) is 6.10 Å². The summed E-state index contributed by atoms with van der Waals surface area (Å²) in [5, 5.41) is 21.6. The molecule has 0 fully saturated rings. The Morgan fingerprint density at radius 2 is 1.57 bits per heavy atom. The maximum absolute atomic E-state index is 14.1. The minimum absolute atomic E-state index is 0.144. The number of alkyl halides is 3. The molecule has 4 unspecified atom stereocenters. The van der Waals surface area contributed by atoms with Crippen molar-refractivity contribution in [1.29, 1.82) is 0 Å². The highest BCUT2D eigenvalue weighted by molar-refractivity contribution is 6.30. The Morgan fingerprint density at radius 1 is 0.952 bits per heavy atom. The summed E-state index contributed by atoms with van der Waals surface area (Å²) < 4.78 is 48.3. The van der Waals surface area contributed by atoms with Gasteiger partial charge < -0.3 is 14.9 Å². The molecule has 1 aliphatic carbocycles. The molecule has 3 aromatic carbocycles. The lowest BCUT2D eigenvalue weighted by atomic mass is 9.69. The molecule has 220 valence electrons. The first-order valence-electron chi connectivity index (χ1n) is 13.5. The molecular formula is C34H32ClF3O4. The Bertz CT molecular complexity index is 1560. The molecular weight excluding hydrogens is 565 g/mol. The van der Waals surface area contributed by atoms with E-state index < -0.39 is 35.0 Å². The number of halogens is 4. The largest absolute Gasteiger partial charge is 0.479 e. The van der Waals surface area contributed by atoms with Crippen LogP contribution in [-0.2, 0) is 15.1 Å². The van der Waals surface area contributed by atoms with Crippen molar-refractivity contribution in [2.24, 2.45) is 5.92 Å². The van der Waals surface area contributed by atoms with Crippen LogP contribution >= 0.6 is 11.6 Å². The van der Waals surface area contributed by atoms with Crippen LogP contribution in [0.3, 0.4) is 0 Å². The van der Waals surface area contributed by atoms with Crippen LogP contribution in [0.4, 0.5) is 13.2 Å². The van der Waals surface area contributed by atoms with Gasteiger partial charge in [0.1, 0.15) is 0 Å². The van der Waals surface area contributed by atoms with Gasteiger partial charge >= 0.3 is 12.1 Å². The number of hydrogen-bond acceptors (Lipinski definition) is 3. The number of aliphatic hydroxyl groups is 1. The Kier molecular flexibility index (Phi) is 8.67. The lowest BCUT2D eigenvalue weighted by Crippen LogP contribution is -2.41. The average Bonchev–Trinajstić information content (AvgIpc) is 2.92. The maximum atomic E-state index is 14.1. The van der Waals surface area contributed by atoms with Gasteiger partial charge in [-0.3, -0.25) is 0 Å². The second-order valence-corrected chi connectivity index (χ2v) is 11.9. The third-order valence-corrected chi connectivity index (χ3v) is 7.70. The molecule has 0 heterocycles. The molecule has 0 amide bonds. The Labute approximate surface area is 248 Å². The summed E-state index contributed by atoms with van der Waals surface area (Å²) in [5.41, 5.74) is -0.999. The highest BCUT2D eigenvalue weighted by Gasteiger charge is 2.54. The third-order valence-electron chi connectivity index (χ3n) is 7.44. The zero-order valence-corrected chi connectivity index (χ0v) is 24.6. The molecule has 0 saturated carbocycles. The van der Waals surface area contributed by atoms with Crippen LogP contribution in [-0.4, -0.2) is 34.1 Å². The van der Waals surface area contributed by atoms with E-state index in [-0.39, 0.29) is 17.4 Å². The standard InChI is InChI=1S/C34H32ClF3O4/c1-20-21(2)28(30(31(39)40)42-32(3,4)5)29(23-12-14-25(35)15-13-23)27-19-22(11-16-26(20)27)17-18-33(41,34(36,37)38)24-9-7-6-8-10-24/h6-16,19-21,30,41H,1-5H3,(H,39,40). The quantitative estimate of drug-likeness (QED) is 0.293. The molecule has 1 aliphatic rings. The predicted molar refractivity (Wildman–Crippen MR) is 157 cm³/mol. The summed E-state index contributed by atoms with van der Waals surface area (Å²) in [6, 6.07) is 18.7. The number of rotatable bonds is 5. The van der Waals surface area contributed by atoms with E-state index >= 15 is 0 Å². The second kappa shape index (κ2) is 11.6. The zero-order chi connectivity index (χ0) is 31.0. The van der Waals surface area contributed by atoms with Gasteiger partial charge in [-0.15, -0.1) is 0 Å². The van der Waals surface area contributed by atoms with Crippen LogP contribution in [0.25, 0.3) is 5.57 Å². The van der Waals surface area contributed by atoms with Crippen LogP contribution in [0.5, 0.6) is 0 Å². The second-order valence-electron chi connectivity index (χ2n) is 11.5. The molecule has 4 rings (SSSR count). The van der Waals surface area contributed by atoms with Gasteiger partial charge in [0.25, 0.3) is 0 Å². The fourth-order valence-electron chi connectivity index (χ4n) is 5.23. The minimum Gasteiger partial charge on any atom is -0.479 e. The fraction of sp³-hybridized carbons (Fsp3) is 0.324. The van der Waals surface area contributed by atoms with Crippen LogP contribution in [0.2, 0.25) is 5.02 Å². The molecule has 8 heteroatoms. The van der Waals surface area contributed by atoms with Crippen LogP contribution < -0.4 is 0 Å². The van der Waals surface area contributed by atoms with Crippen molar-refractivity contribution < 1.29 is 32.9 Å². The molecule has 3 aromatic rings. The SMILES string of the molecule is CC1C(C(OC(C)(C)C)C(=O)O)=C(c2ccc(Cl)cc2)c2cc(C#CC(O)(c3ccccc3)C(F)(F)F)ccc2C1C. The molecule has 0 radical (unpaired) electrons. The number of carbonyl (C=O) groups is 1. The first-order chi connectivity index (χ1) is 19.5. The number of carboxylic acid groups (broad SMARTS) is 1. The van der Waals surface area contributed by atoms with E-state index in [0.29, 0.717) is 27.3 Å². The van der Waals surface area contributed by atoms with E-state index in [1.807, 2.05) is 13.8 Å². The maximum Gasteiger partial charge on any atom is 0.433 e. The van der Waals surface area contributed by atoms with Gasteiger partial charge in [-0.25, -0.2) is 4.79 Å². The fourth-order valence-corrected chi connectivity index (χ4v) is 5.35. The molecule has 0 saturated heterocycles. The van der Waals surface area contributed by atoms with Crippen molar-refractivity contribution >= 4 is 23.1 Å². The van der Waals surface area contributed by atoms with Crippen LogP contribution in [0.15, 0.2) is 78.4 Å². The molecule has 0 spiro atoms. The topological polar surface area (TPSA) is 66.8 Å². The minimum atomic E-state index is -5.06. The van der Waals surface area contributed by atoms with Crippen molar-refractivity contribution in [3.8, 4) is 11.8 Å². The van der Waals surface area contributed by atoms with Gasteiger partial charge in [-0.2, -0.15) is 13.2 Å². The summed E-state index contributed by atoms with van der Waals surface area (Å²) in [4.78, 5) is 12.6. The molecule has 0 aromatic heterocycles. The van der Waals surface area contributed by atoms with Crippen molar-refractivity contribution in [2.45, 2.75) is 64.0 Å². The lowest BCUT2D eigenvalue weighted by Gasteiger charge is -2.38. The monoisotopic (exact) mass is 596 g/mol. The number of fused-ring (bicyclic) bond motifs is 1. The van der Waals surface area contributed by atoms with Gasteiger partial charge in [0.05, 0.1) is 5.60 Å². The first kappa shape index (κ1) is 31.4. The Morgan fingerprint density at radius 3 is 2.12 bits per heavy atom. The first-order valence-corrected chi connectivity index (χ1v) is 13.8. The number of aliphatic carboxylic acids is 1. The molecule has 0 bridgehead atoms. The van der Waals surface area contributed by atoms with Gasteiger partial charge in [-0.05, 0) is 90.6 Å². The van der Waals surface area contributed by atoms with Crippen molar-refractivity contribution in [3.63, 3.8) is 0 Å². The Hall–Kier alpha value is -3.57. The van der Waals surface area contributed by atoms with Gasteiger partial charge in [0.2, 0.25) is 5.60 Å². The molecule has 4 nitrogen and oxygen atoms in total. The summed E-state index contributed by atoms with van der Waals surface area (Å²) in [7, 11) is 0. The molecule has 42 heavy (non-hydrogen) atoms. The molecule has 0 aliphatic heterocycles. The van der Waals surface area contributed by atoms with Crippen LogP contribution in [0, 0.1) is 17.8 Å². The highest BCUT2D eigenvalue weighted by atomic mass is 35.5. The average molecular weight is 597 g/mol. The summed E-state index contributed by atoms with van der Waals surface area (Å²) in [6.45, 7) is 9.24. The van der Waals surface area contributed by atoms with E-state index in [9.17, 15) is 28.2 Å². The van der Waals surface area contributed by atoms with E-state index in [1.54, 1.807) is 69.3 Å². The lowest BCUT2D eigenvalue weighted by molar-refractivity contribution is -0.240. The number of hydrogen-bond donors (Lipinski definition) is 2. The number of benzene rings is 3. The van der Waals surface area contributed by atoms with Crippen LogP contribution in [0.1, 0.15) is 68.4 Å². The molecule has 2 N–H and O–H groups in total. The van der Waals surface area contributed by atoms with E-state index in [2.05, 4.69) is 11.8 Å². The van der Waals surface area contributed by atoms with E-state index in [1.165, 1.54) is 24.3 Å². The van der Waals surface area contributed by atoms with Crippen molar-refractivity contribution in [2.75, 3.05) is 0 Å². The molecule has 4 atom stereocenters. The summed E-state index contributed by atoms with van der Waals surface area (Å²) in [6.07, 6.45) is -6.34. The van der Waals surface area contributed by atoms with Crippen molar-refractivity contribution in [1.82, 2.24) is 0 Å². The highest BCUT2D eigenvalue weighted by Crippen LogP contribution is 2.48. The van der Waals surface area contributed by atoms with E-state index in [4.69, 9.17) is 16.3 Å². The number of carboxylic acids is 1.